The molecule has 2 aromatic rings. The van der Waals surface area contributed by atoms with Crippen molar-refractivity contribution in [1.29, 1.82) is 0 Å². The highest BCUT2D eigenvalue weighted by molar-refractivity contribution is 6.00. The lowest BCUT2D eigenvalue weighted by molar-refractivity contribution is -0.128. The van der Waals surface area contributed by atoms with Gasteiger partial charge in [0.1, 0.15) is 23.2 Å². The molecule has 0 radical (unpaired) electrons. The van der Waals surface area contributed by atoms with Gasteiger partial charge in [0.25, 0.3) is 0 Å². The zero-order chi connectivity index (χ0) is 21.1. The fraction of sp³-hybridized carbons (Fsp3) is 0.286. The van der Waals surface area contributed by atoms with Crippen molar-refractivity contribution < 1.29 is 32.7 Å². The van der Waals surface area contributed by atoms with Crippen LogP contribution in [0.3, 0.4) is 0 Å². The summed E-state index contributed by atoms with van der Waals surface area (Å²) in [6.07, 6.45) is 0.535. The van der Waals surface area contributed by atoms with Crippen molar-refractivity contribution in [3.05, 3.63) is 70.5 Å². The van der Waals surface area contributed by atoms with E-state index in [1.165, 1.54) is 18.2 Å². The van der Waals surface area contributed by atoms with Crippen molar-refractivity contribution in [2.24, 2.45) is 5.92 Å². The van der Waals surface area contributed by atoms with Gasteiger partial charge < -0.3 is 10.4 Å². The number of rotatable bonds is 8. The molecule has 1 atom stereocenters. The Bertz CT molecular complexity index is 972. The average molecular weight is 405 g/mol. The predicted octanol–water partition coefficient (Wildman–Crippen LogP) is 3.57. The molecule has 0 bridgehead atoms. The maximum absolute atomic E-state index is 13.7. The summed E-state index contributed by atoms with van der Waals surface area (Å²) in [7, 11) is 0. The molecule has 1 aliphatic carbocycles. The fourth-order valence-electron chi connectivity index (χ4n) is 3.29. The van der Waals surface area contributed by atoms with Crippen LogP contribution >= 0.6 is 0 Å². The minimum absolute atomic E-state index is 0.145. The van der Waals surface area contributed by atoms with Crippen LogP contribution in [0.4, 0.5) is 13.2 Å². The lowest BCUT2D eigenvalue weighted by Gasteiger charge is -2.19. The van der Waals surface area contributed by atoms with Crippen LogP contribution in [0.2, 0.25) is 0 Å². The first-order chi connectivity index (χ1) is 13.7. The second-order valence-corrected chi connectivity index (χ2v) is 7.06. The van der Waals surface area contributed by atoms with Crippen LogP contribution in [0.15, 0.2) is 36.4 Å². The molecule has 0 aliphatic heterocycles. The molecule has 5 nitrogen and oxygen atoms in total. The van der Waals surface area contributed by atoms with E-state index in [-0.39, 0.29) is 11.5 Å². The van der Waals surface area contributed by atoms with Crippen LogP contribution in [-0.2, 0) is 16.0 Å². The highest BCUT2D eigenvalue weighted by Gasteiger charge is 2.34. The largest absolute Gasteiger partial charge is 0.478 e. The molecule has 1 saturated carbocycles. The Balaban J connectivity index is 1.68. The summed E-state index contributed by atoms with van der Waals surface area (Å²) in [4.78, 5) is 35.7. The van der Waals surface area contributed by atoms with Gasteiger partial charge in [0.2, 0.25) is 5.91 Å². The van der Waals surface area contributed by atoms with Crippen molar-refractivity contribution in [3.8, 4) is 0 Å². The lowest BCUT2D eigenvalue weighted by Crippen LogP contribution is -2.31. The lowest BCUT2D eigenvalue weighted by atomic mass is 9.99. The molecule has 0 saturated heterocycles. The SMILES string of the molecule is O=C(CC(=O)NC(c1cccc(F)c1)C1CC1)Cc1cc(F)cc(F)c1C(=O)O. The molecule has 2 N–H and O–H groups in total. The van der Waals surface area contributed by atoms with Crippen molar-refractivity contribution >= 4 is 17.7 Å². The number of benzene rings is 2. The van der Waals surface area contributed by atoms with Crippen LogP contribution in [0.5, 0.6) is 0 Å². The molecule has 1 aliphatic rings. The van der Waals surface area contributed by atoms with E-state index in [0.29, 0.717) is 11.6 Å². The smallest absolute Gasteiger partial charge is 0.338 e. The summed E-state index contributed by atoms with van der Waals surface area (Å²) < 4.78 is 40.6. The van der Waals surface area contributed by atoms with Gasteiger partial charge >= 0.3 is 5.97 Å². The number of ketones is 1. The van der Waals surface area contributed by atoms with E-state index in [9.17, 15) is 27.6 Å². The molecular formula is C21H18F3NO4. The van der Waals surface area contributed by atoms with E-state index >= 15 is 0 Å². The minimum atomic E-state index is -1.63. The second kappa shape index (κ2) is 8.46. The molecule has 3 rings (SSSR count). The third kappa shape index (κ3) is 5.22. The van der Waals surface area contributed by atoms with Crippen LogP contribution in [0.25, 0.3) is 0 Å². The number of halogens is 3. The summed E-state index contributed by atoms with van der Waals surface area (Å²) >= 11 is 0. The van der Waals surface area contributed by atoms with Gasteiger partial charge in [-0.25, -0.2) is 18.0 Å². The number of carbonyl (C=O) groups excluding carboxylic acids is 2. The number of hydrogen-bond donors (Lipinski definition) is 2. The van der Waals surface area contributed by atoms with E-state index < -0.39 is 59.6 Å². The average Bonchev–Trinajstić information content (AvgIpc) is 3.43. The Morgan fingerprint density at radius 2 is 1.79 bits per heavy atom. The summed E-state index contributed by atoms with van der Waals surface area (Å²) in [6, 6.07) is 6.57. The van der Waals surface area contributed by atoms with Gasteiger partial charge in [-0.3, -0.25) is 9.59 Å². The molecule has 0 spiro atoms. The summed E-state index contributed by atoms with van der Waals surface area (Å²) in [6.45, 7) is 0. The number of hydrogen-bond acceptors (Lipinski definition) is 3. The van der Waals surface area contributed by atoms with Gasteiger partial charge in [-0.15, -0.1) is 0 Å². The van der Waals surface area contributed by atoms with Gasteiger partial charge in [-0.2, -0.15) is 0 Å². The highest BCUT2D eigenvalue weighted by atomic mass is 19.1. The highest BCUT2D eigenvalue weighted by Crippen LogP contribution is 2.41. The molecule has 8 heteroatoms. The van der Waals surface area contributed by atoms with Gasteiger partial charge in [-0.05, 0) is 48.1 Å². The Kier molecular flexibility index (Phi) is 6.00. The Morgan fingerprint density at radius 1 is 1.07 bits per heavy atom. The van der Waals surface area contributed by atoms with E-state index in [2.05, 4.69) is 5.32 Å². The third-order valence-corrected chi connectivity index (χ3v) is 4.71. The van der Waals surface area contributed by atoms with Crippen LogP contribution < -0.4 is 5.32 Å². The number of carbonyl (C=O) groups is 3. The van der Waals surface area contributed by atoms with Gasteiger partial charge in [0.05, 0.1) is 18.0 Å². The number of Topliss-reactive ketones (excluding diaryl/α,β-unsaturated/α-hetero) is 1. The number of carboxylic acid groups (broad SMARTS) is 1. The molecule has 152 valence electrons. The van der Waals surface area contributed by atoms with E-state index in [4.69, 9.17) is 5.11 Å². The fourth-order valence-corrected chi connectivity index (χ4v) is 3.29. The zero-order valence-corrected chi connectivity index (χ0v) is 15.3. The Hall–Kier alpha value is -3.16. The molecular weight excluding hydrogens is 387 g/mol. The number of aromatic carboxylic acids is 1. The molecule has 2 aromatic carbocycles. The first kappa shape index (κ1) is 20.6. The van der Waals surface area contributed by atoms with E-state index in [1.54, 1.807) is 6.07 Å². The summed E-state index contributed by atoms with van der Waals surface area (Å²) in [5, 5.41) is 11.8. The zero-order valence-electron chi connectivity index (χ0n) is 15.3. The molecule has 0 heterocycles. The second-order valence-electron chi connectivity index (χ2n) is 7.06. The number of carboxylic acids is 1. The van der Waals surface area contributed by atoms with Crippen LogP contribution in [0.1, 0.15) is 46.8 Å². The molecule has 29 heavy (non-hydrogen) atoms. The van der Waals surface area contributed by atoms with Crippen molar-refractivity contribution in [2.45, 2.75) is 31.7 Å². The third-order valence-electron chi connectivity index (χ3n) is 4.71. The first-order valence-electron chi connectivity index (χ1n) is 9.02. The van der Waals surface area contributed by atoms with Crippen LogP contribution in [-0.4, -0.2) is 22.8 Å². The maximum atomic E-state index is 13.7. The number of amides is 1. The number of nitrogens with one attached hydrogen (secondary N) is 1. The monoisotopic (exact) mass is 405 g/mol. The van der Waals surface area contributed by atoms with Crippen molar-refractivity contribution in [2.75, 3.05) is 0 Å². The quantitative estimate of drug-likeness (QED) is 0.658. The Morgan fingerprint density at radius 3 is 2.41 bits per heavy atom. The Labute approximate surface area is 164 Å². The normalized spacial score (nSPS) is 14.3. The van der Waals surface area contributed by atoms with Crippen molar-refractivity contribution in [3.63, 3.8) is 0 Å². The summed E-state index contributed by atoms with van der Waals surface area (Å²) in [5.41, 5.74) is -0.541. The summed E-state index contributed by atoms with van der Waals surface area (Å²) in [5.74, 6) is -5.53. The minimum Gasteiger partial charge on any atom is -0.478 e. The van der Waals surface area contributed by atoms with E-state index in [1.807, 2.05) is 0 Å². The standard InChI is InChI=1S/C21H18F3NO4/c22-14-3-1-2-12(6-14)20(11-4-5-11)25-18(27)10-16(26)8-13-7-15(23)9-17(24)19(13)21(28)29/h1-3,6-7,9,11,20H,4-5,8,10H2,(H,25,27)(H,28,29). The maximum Gasteiger partial charge on any atom is 0.338 e. The molecule has 0 aromatic heterocycles. The predicted molar refractivity (Wildman–Crippen MR) is 96.7 cm³/mol. The van der Waals surface area contributed by atoms with Crippen LogP contribution in [0, 0.1) is 23.4 Å². The molecule has 1 unspecified atom stereocenters. The van der Waals surface area contributed by atoms with Gasteiger partial charge in [0.15, 0.2) is 0 Å². The molecule has 1 amide bonds. The van der Waals surface area contributed by atoms with Crippen molar-refractivity contribution in [1.82, 2.24) is 5.32 Å². The van der Waals surface area contributed by atoms with E-state index in [0.717, 1.165) is 18.9 Å². The van der Waals surface area contributed by atoms with Gasteiger partial charge in [-0.1, -0.05) is 12.1 Å². The topological polar surface area (TPSA) is 83.5 Å². The molecule has 1 fully saturated rings. The van der Waals surface area contributed by atoms with Gasteiger partial charge in [0, 0.05) is 12.5 Å². The first-order valence-corrected chi connectivity index (χ1v) is 9.02.